The van der Waals surface area contributed by atoms with Crippen molar-refractivity contribution in [3.05, 3.63) is 0 Å². The maximum Gasteiger partial charge on any atom is 0.415 e. The molecule has 0 saturated heterocycles. The van der Waals surface area contributed by atoms with E-state index in [0.717, 1.165) is 0 Å². The number of carboxylic acids is 1. The largest absolute Gasteiger partial charge is 0.480 e. The Hall–Kier alpha value is -1.31. The number of carboxylic acid groups (broad SMARTS) is 1. The van der Waals surface area contributed by atoms with Gasteiger partial charge < -0.3 is 16.2 Å². The van der Waals surface area contributed by atoms with Gasteiger partial charge in [-0.05, 0) is 19.3 Å². The van der Waals surface area contributed by atoms with Gasteiger partial charge in [-0.1, -0.05) is 13.8 Å². The molecule has 0 aliphatic carbocycles. The Morgan fingerprint density at radius 2 is 1.78 bits per heavy atom. The minimum absolute atomic E-state index is 0.0228. The molecule has 0 fully saturated rings. The fourth-order valence-electron chi connectivity index (χ4n) is 1.13. The highest BCUT2D eigenvalue weighted by atomic mass is 19.4. The number of alkyl halides is 3. The van der Waals surface area contributed by atoms with Gasteiger partial charge in [0.25, 0.3) is 0 Å². The van der Waals surface area contributed by atoms with Crippen LogP contribution in [0.3, 0.4) is 0 Å². The fraction of sp³-hybridized carbons (Fsp3) is 0.800. The Morgan fingerprint density at radius 1 is 1.33 bits per heavy atom. The smallest absolute Gasteiger partial charge is 0.415 e. The molecule has 18 heavy (non-hydrogen) atoms. The van der Waals surface area contributed by atoms with Crippen molar-refractivity contribution in [3.63, 3.8) is 0 Å². The molecule has 0 aliphatic heterocycles. The van der Waals surface area contributed by atoms with Crippen LogP contribution in [0.4, 0.5) is 13.2 Å². The number of carbonyl (C=O) groups excluding carboxylic acids is 1. The maximum atomic E-state index is 12.5. The van der Waals surface area contributed by atoms with E-state index >= 15 is 0 Å². The summed E-state index contributed by atoms with van der Waals surface area (Å²) in [6.07, 6.45) is -4.92. The lowest BCUT2D eigenvalue weighted by atomic mass is 9.99. The molecule has 0 bridgehead atoms. The quantitative estimate of drug-likeness (QED) is 0.691. The highest BCUT2D eigenvalue weighted by Gasteiger charge is 2.54. The average molecular weight is 270 g/mol. The van der Waals surface area contributed by atoms with E-state index in [1.165, 1.54) is 0 Å². The van der Waals surface area contributed by atoms with Crippen molar-refractivity contribution in [1.29, 1.82) is 0 Å². The minimum atomic E-state index is -4.95. The van der Waals surface area contributed by atoms with Gasteiger partial charge in [-0.2, -0.15) is 13.2 Å². The number of nitrogens with two attached hydrogens (primary N) is 1. The van der Waals surface area contributed by atoms with Crippen LogP contribution in [0.1, 0.15) is 27.2 Å². The molecule has 106 valence electrons. The molecule has 1 amide bonds. The van der Waals surface area contributed by atoms with E-state index in [9.17, 15) is 22.8 Å². The molecule has 0 saturated carbocycles. The Morgan fingerprint density at radius 3 is 2.06 bits per heavy atom. The predicted molar refractivity (Wildman–Crippen MR) is 57.7 cm³/mol. The molecule has 5 nitrogen and oxygen atoms in total. The van der Waals surface area contributed by atoms with Gasteiger partial charge in [0.15, 0.2) is 5.54 Å². The lowest BCUT2D eigenvalue weighted by Crippen LogP contribution is -2.63. The first-order chi connectivity index (χ1) is 7.89. The number of carbonyl (C=O) groups is 2. The highest BCUT2D eigenvalue weighted by molar-refractivity contribution is 5.90. The third-order valence-corrected chi connectivity index (χ3v) is 2.37. The van der Waals surface area contributed by atoms with Gasteiger partial charge in [-0.15, -0.1) is 0 Å². The molecule has 0 aromatic heterocycles. The molecule has 0 spiro atoms. The second-order valence-electron chi connectivity index (χ2n) is 4.69. The standard InChI is InChI=1S/C10H17F3N2O3/c1-5(2)4-6(7(16)17)15-8(18)9(3,14)10(11,12)13/h5-6H,4,14H2,1-3H3,(H,15,18)(H,16,17). The van der Waals surface area contributed by atoms with Crippen molar-refractivity contribution in [2.45, 2.75) is 44.9 Å². The van der Waals surface area contributed by atoms with Crippen LogP contribution in [-0.4, -0.2) is 34.7 Å². The minimum Gasteiger partial charge on any atom is -0.480 e. The predicted octanol–water partition coefficient (Wildman–Crippen LogP) is 0.882. The lowest BCUT2D eigenvalue weighted by Gasteiger charge is -2.28. The Balaban J connectivity index is 4.86. The normalized spacial score (nSPS) is 17.1. The summed E-state index contributed by atoms with van der Waals surface area (Å²) in [5.41, 5.74) is 1.77. The van der Waals surface area contributed by atoms with Gasteiger partial charge in [0.1, 0.15) is 6.04 Å². The topological polar surface area (TPSA) is 92.4 Å². The lowest BCUT2D eigenvalue weighted by molar-refractivity contribution is -0.188. The number of amides is 1. The van der Waals surface area contributed by atoms with Crippen molar-refractivity contribution in [1.82, 2.24) is 5.32 Å². The Bertz CT molecular complexity index is 327. The summed E-state index contributed by atoms with van der Waals surface area (Å²) in [6.45, 7) is 3.87. The number of rotatable bonds is 5. The molecule has 0 aliphatic rings. The van der Waals surface area contributed by atoms with Crippen molar-refractivity contribution in [2.24, 2.45) is 11.7 Å². The number of aliphatic carboxylic acids is 1. The highest BCUT2D eigenvalue weighted by Crippen LogP contribution is 2.28. The monoisotopic (exact) mass is 270 g/mol. The number of halogens is 3. The summed E-state index contributed by atoms with van der Waals surface area (Å²) in [6, 6.07) is -1.39. The maximum absolute atomic E-state index is 12.5. The first-order valence-electron chi connectivity index (χ1n) is 5.29. The second kappa shape index (κ2) is 5.55. The van der Waals surface area contributed by atoms with Crippen LogP contribution in [0.25, 0.3) is 0 Å². The first kappa shape index (κ1) is 16.7. The summed E-state index contributed by atoms with van der Waals surface area (Å²) in [4.78, 5) is 22.2. The molecule has 4 N–H and O–H groups in total. The molecule has 0 radical (unpaired) electrons. The summed E-state index contributed by atoms with van der Waals surface area (Å²) >= 11 is 0. The zero-order valence-corrected chi connectivity index (χ0v) is 10.3. The van der Waals surface area contributed by atoms with Crippen molar-refractivity contribution < 1.29 is 27.9 Å². The summed E-state index contributed by atoms with van der Waals surface area (Å²) in [5, 5.41) is 10.6. The van der Waals surface area contributed by atoms with Gasteiger partial charge in [0.2, 0.25) is 5.91 Å². The molecule has 0 aromatic carbocycles. The van der Waals surface area contributed by atoms with Crippen LogP contribution < -0.4 is 11.1 Å². The van der Waals surface area contributed by atoms with Crippen molar-refractivity contribution in [3.8, 4) is 0 Å². The Labute approximate surface area is 103 Å². The van der Waals surface area contributed by atoms with Gasteiger partial charge in [-0.25, -0.2) is 4.79 Å². The van der Waals surface area contributed by atoms with E-state index in [-0.39, 0.29) is 12.3 Å². The van der Waals surface area contributed by atoms with Crippen molar-refractivity contribution >= 4 is 11.9 Å². The second-order valence-corrected chi connectivity index (χ2v) is 4.69. The van der Waals surface area contributed by atoms with Gasteiger partial charge >= 0.3 is 12.1 Å². The number of hydrogen-bond acceptors (Lipinski definition) is 3. The van der Waals surface area contributed by atoms with Crippen LogP contribution in [0.2, 0.25) is 0 Å². The SMILES string of the molecule is CC(C)CC(NC(=O)C(C)(N)C(F)(F)F)C(=O)O. The van der Waals surface area contributed by atoms with Gasteiger partial charge in [0.05, 0.1) is 0 Å². The summed E-state index contributed by atoms with van der Waals surface area (Å²) in [7, 11) is 0. The third-order valence-electron chi connectivity index (χ3n) is 2.37. The van der Waals surface area contributed by atoms with E-state index in [0.29, 0.717) is 6.92 Å². The van der Waals surface area contributed by atoms with Crippen LogP contribution in [0, 0.1) is 5.92 Å². The fourth-order valence-corrected chi connectivity index (χ4v) is 1.13. The zero-order chi connectivity index (χ0) is 14.7. The van der Waals surface area contributed by atoms with E-state index in [2.05, 4.69) is 0 Å². The molecular formula is C10H17F3N2O3. The number of nitrogens with one attached hydrogen (secondary N) is 1. The molecule has 8 heteroatoms. The van der Waals surface area contributed by atoms with Gasteiger partial charge in [-0.3, -0.25) is 4.79 Å². The van der Waals surface area contributed by atoms with E-state index in [1.807, 2.05) is 5.32 Å². The molecule has 2 unspecified atom stereocenters. The van der Waals surface area contributed by atoms with Gasteiger partial charge in [0, 0.05) is 0 Å². The molecular weight excluding hydrogens is 253 g/mol. The third kappa shape index (κ3) is 4.17. The van der Waals surface area contributed by atoms with Crippen LogP contribution in [0.15, 0.2) is 0 Å². The van der Waals surface area contributed by atoms with Crippen LogP contribution in [-0.2, 0) is 9.59 Å². The van der Waals surface area contributed by atoms with E-state index in [4.69, 9.17) is 10.8 Å². The summed E-state index contributed by atoms with van der Waals surface area (Å²) in [5.74, 6) is -3.04. The Kier molecular flexibility index (Phi) is 5.15. The summed E-state index contributed by atoms with van der Waals surface area (Å²) < 4.78 is 37.4. The zero-order valence-electron chi connectivity index (χ0n) is 10.3. The molecule has 0 heterocycles. The van der Waals surface area contributed by atoms with Crippen molar-refractivity contribution in [2.75, 3.05) is 0 Å². The molecule has 2 atom stereocenters. The van der Waals surface area contributed by atoms with Crippen LogP contribution in [0.5, 0.6) is 0 Å². The average Bonchev–Trinajstić information content (AvgIpc) is 2.13. The molecule has 0 rings (SSSR count). The van der Waals surface area contributed by atoms with E-state index < -0.39 is 29.6 Å². The number of hydrogen-bond donors (Lipinski definition) is 3. The first-order valence-corrected chi connectivity index (χ1v) is 5.29. The van der Waals surface area contributed by atoms with Crippen LogP contribution >= 0.6 is 0 Å². The van der Waals surface area contributed by atoms with E-state index in [1.54, 1.807) is 13.8 Å². The molecule has 0 aromatic rings.